The van der Waals surface area contributed by atoms with Crippen molar-refractivity contribution in [3.05, 3.63) is 64.2 Å². The fourth-order valence-electron chi connectivity index (χ4n) is 4.54. The molecule has 0 saturated carbocycles. The van der Waals surface area contributed by atoms with Crippen molar-refractivity contribution < 1.29 is 23.0 Å². The summed E-state index contributed by atoms with van der Waals surface area (Å²) < 4.78 is 40.8. The van der Waals surface area contributed by atoms with Gasteiger partial charge in [-0.2, -0.15) is 0 Å². The molecule has 142 valence electrons. The van der Waals surface area contributed by atoms with Crippen molar-refractivity contribution in [3.63, 3.8) is 0 Å². The number of aldehydes is 1. The lowest BCUT2D eigenvalue weighted by atomic mass is 9.60. The van der Waals surface area contributed by atoms with Crippen LogP contribution in [0.2, 0.25) is 5.02 Å². The topological polar surface area (TPSA) is 35.5 Å². The zero-order valence-corrected chi connectivity index (χ0v) is 15.3. The predicted molar refractivity (Wildman–Crippen MR) is 97.2 cm³/mol. The third kappa shape index (κ3) is 3.13. The second-order valence-electron chi connectivity index (χ2n) is 7.17. The summed E-state index contributed by atoms with van der Waals surface area (Å²) in [5, 5.41) is 0.614. The van der Waals surface area contributed by atoms with Gasteiger partial charge in [-0.3, -0.25) is 0 Å². The maximum atomic E-state index is 15.0. The molecule has 0 N–H and O–H groups in total. The minimum Gasteiger partial charge on any atom is -0.490 e. The molecule has 0 amide bonds. The summed E-state index contributed by atoms with van der Waals surface area (Å²) in [5.41, 5.74) is 0.514. The van der Waals surface area contributed by atoms with Crippen molar-refractivity contribution in [2.75, 3.05) is 13.2 Å². The Kier molecular flexibility index (Phi) is 4.91. The van der Waals surface area contributed by atoms with Gasteiger partial charge in [0, 0.05) is 34.9 Å². The number of halogens is 3. The molecule has 2 aliphatic heterocycles. The zero-order valence-electron chi connectivity index (χ0n) is 14.6. The van der Waals surface area contributed by atoms with Crippen LogP contribution in [0.25, 0.3) is 0 Å². The molecule has 0 spiro atoms. The number of rotatable bonds is 4. The molecule has 1 saturated heterocycles. The first-order valence-corrected chi connectivity index (χ1v) is 9.34. The fourth-order valence-corrected chi connectivity index (χ4v) is 4.67. The highest BCUT2D eigenvalue weighted by Gasteiger charge is 2.53. The maximum Gasteiger partial charge on any atom is 0.165 e. The van der Waals surface area contributed by atoms with E-state index in [2.05, 4.69) is 0 Å². The first-order valence-electron chi connectivity index (χ1n) is 8.96. The van der Waals surface area contributed by atoms with Crippen molar-refractivity contribution in [1.82, 2.24) is 0 Å². The summed E-state index contributed by atoms with van der Waals surface area (Å²) in [6, 6.07) is 9.59. The number of hydrogen-bond acceptors (Lipinski definition) is 3. The Morgan fingerprint density at radius 3 is 2.63 bits per heavy atom. The molecule has 3 atom stereocenters. The summed E-state index contributed by atoms with van der Waals surface area (Å²) in [4.78, 5) is 11.1. The Morgan fingerprint density at radius 2 is 1.89 bits per heavy atom. The van der Waals surface area contributed by atoms with Gasteiger partial charge in [-0.25, -0.2) is 8.78 Å². The number of carbonyl (C=O) groups excluding carboxylic acids is 1. The monoisotopic (exact) mass is 392 g/mol. The van der Waals surface area contributed by atoms with Gasteiger partial charge in [0.1, 0.15) is 12.1 Å². The van der Waals surface area contributed by atoms with Crippen molar-refractivity contribution in [3.8, 4) is 5.75 Å². The standard InChI is InChI=1S/C21H19ClF2O3/c22-14-3-1-13(2-4-14)11-21-8-10-26-18(7-9-25)15(21)12-27-20-17(24)6-5-16(23)19(20)21/h1-6,9,15,18H,7-8,10-12H2/t15-,18-,21-/m1/s1. The molecule has 2 aromatic rings. The van der Waals surface area contributed by atoms with Gasteiger partial charge in [-0.1, -0.05) is 23.7 Å². The minimum atomic E-state index is -0.709. The van der Waals surface area contributed by atoms with Gasteiger partial charge in [0.2, 0.25) is 0 Å². The molecule has 4 rings (SSSR count). The highest BCUT2D eigenvalue weighted by molar-refractivity contribution is 6.30. The molecule has 2 aliphatic rings. The smallest absolute Gasteiger partial charge is 0.165 e. The lowest BCUT2D eigenvalue weighted by molar-refractivity contribution is -0.121. The molecular formula is C21H19ClF2O3. The van der Waals surface area contributed by atoms with Crippen LogP contribution in [0.5, 0.6) is 5.75 Å². The van der Waals surface area contributed by atoms with Gasteiger partial charge in [-0.05, 0) is 42.7 Å². The van der Waals surface area contributed by atoms with Crippen molar-refractivity contribution in [2.24, 2.45) is 5.92 Å². The molecule has 0 radical (unpaired) electrons. The molecule has 0 aliphatic carbocycles. The third-order valence-electron chi connectivity index (χ3n) is 5.76. The van der Waals surface area contributed by atoms with Crippen LogP contribution in [0.3, 0.4) is 0 Å². The van der Waals surface area contributed by atoms with Crippen molar-refractivity contribution >= 4 is 17.9 Å². The van der Waals surface area contributed by atoms with Crippen molar-refractivity contribution in [2.45, 2.75) is 30.8 Å². The average molecular weight is 393 g/mol. The maximum absolute atomic E-state index is 15.0. The van der Waals surface area contributed by atoms with E-state index in [4.69, 9.17) is 21.1 Å². The van der Waals surface area contributed by atoms with Crippen LogP contribution < -0.4 is 4.74 Å². The van der Waals surface area contributed by atoms with E-state index in [0.717, 1.165) is 24.0 Å². The normalized spacial score (nSPS) is 26.6. The first-order chi connectivity index (χ1) is 13.0. The van der Waals surface area contributed by atoms with Gasteiger partial charge in [-0.15, -0.1) is 0 Å². The average Bonchev–Trinajstić information content (AvgIpc) is 2.66. The van der Waals surface area contributed by atoms with Crippen LogP contribution in [0, 0.1) is 17.6 Å². The van der Waals surface area contributed by atoms with Gasteiger partial charge >= 0.3 is 0 Å². The fraction of sp³-hybridized carbons (Fsp3) is 0.381. The van der Waals surface area contributed by atoms with E-state index in [0.29, 0.717) is 24.5 Å². The quantitative estimate of drug-likeness (QED) is 0.719. The molecule has 0 unspecified atom stereocenters. The summed E-state index contributed by atoms with van der Waals surface area (Å²) in [6.07, 6.45) is 1.62. The van der Waals surface area contributed by atoms with Crippen LogP contribution in [0.4, 0.5) is 8.78 Å². The predicted octanol–water partition coefficient (Wildman–Crippen LogP) is 4.49. The number of benzene rings is 2. The van der Waals surface area contributed by atoms with Gasteiger partial charge in [0.15, 0.2) is 11.6 Å². The SMILES string of the molecule is O=CC[C@H]1OCC[C@]2(Cc3ccc(Cl)cc3)c3c(F)ccc(F)c3OC[C@H]12. The van der Waals surface area contributed by atoms with E-state index in [1.807, 2.05) is 12.1 Å². The summed E-state index contributed by atoms with van der Waals surface area (Å²) >= 11 is 5.99. The molecule has 2 aromatic carbocycles. The Bertz CT molecular complexity index is 855. The number of carbonyl (C=O) groups is 1. The van der Waals surface area contributed by atoms with Gasteiger partial charge < -0.3 is 14.3 Å². The van der Waals surface area contributed by atoms with Gasteiger partial charge in [0.05, 0.1) is 12.7 Å². The summed E-state index contributed by atoms with van der Waals surface area (Å²) in [7, 11) is 0. The summed E-state index contributed by atoms with van der Waals surface area (Å²) in [5.74, 6) is -1.33. The minimum absolute atomic E-state index is 0.0213. The second kappa shape index (κ2) is 7.21. The number of ether oxygens (including phenoxy) is 2. The molecule has 1 fully saturated rings. The molecule has 0 bridgehead atoms. The van der Waals surface area contributed by atoms with E-state index in [1.54, 1.807) is 12.1 Å². The molecular weight excluding hydrogens is 374 g/mol. The Hall–Kier alpha value is -1.98. The van der Waals surface area contributed by atoms with Crippen LogP contribution in [-0.2, 0) is 21.4 Å². The van der Waals surface area contributed by atoms with Crippen LogP contribution in [0.1, 0.15) is 24.0 Å². The lowest BCUT2D eigenvalue weighted by Crippen LogP contribution is -2.55. The molecule has 27 heavy (non-hydrogen) atoms. The first kappa shape index (κ1) is 18.4. The number of hydrogen-bond donors (Lipinski definition) is 0. The van der Waals surface area contributed by atoms with Crippen molar-refractivity contribution in [1.29, 1.82) is 0 Å². The van der Waals surface area contributed by atoms with Crippen LogP contribution in [-0.4, -0.2) is 25.6 Å². The van der Waals surface area contributed by atoms with Gasteiger partial charge in [0.25, 0.3) is 0 Å². The van der Waals surface area contributed by atoms with E-state index < -0.39 is 17.0 Å². The Balaban J connectivity index is 1.87. The molecule has 0 aromatic heterocycles. The van der Waals surface area contributed by atoms with E-state index in [1.165, 1.54) is 0 Å². The largest absolute Gasteiger partial charge is 0.490 e. The highest BCUT2D eigenvalue weighted by Crippen LogP contribution is 2.52. The zero-order chi connectivity index (χ0) is 19.0. The Labute approximate surface area is 161 Å². The molecule has 6 heteroatoms. The third-order valence-corrected chi connectivity index (χ3v) is 6.02. The van der Waals surface area contributed by atoms with E-state index in [9.17, 15) is 13.6 Å². The Morgan fingerprint density at radius 1 is 1.15 bits per heavy atom. The van der Waals surface area contributed by atoms with E-state index >= 15 is 0 Å². The second-order valence-corrected chi connectivity index (χ2v) is 7.61. The van der Waals surface area contributed by atoms with Crippen LogP contribution in [0.15, 0.2) is 36.4 Å². The summed E-state index contributed by atoms with van der Waals surface area (Å²) in [6.45, 7) is 0.553. The lowest BCUT2D eigenvalue weighted by Gasteiger charge is -2.51. The highest BCUT2D eigenvalue weighted by atomic mass is 35.5. The molecule has 3 nitrogen and oxygen atoms in total. The number of fused-ring (bicyclic) bond motifs is 3. The molecule has 2 heterocycles. The van der Waals surface area contributed by atoms with Crippen LogP contribution >= 0.6 is 11.6 Å². The van der Waals surface area contributed by atoms with E-state index in [-0.39, 0.29) is 36.4 Å².